The first-order valence-corrected chi connectivity index (χ1v) is 8.36. The molecule has 144 valence electrons. The van der Waals surface area contributed by atoms with E-state index in [9.17, 15) is 19.5 Å². The van der Waals surface area contributed by atoms with Gasteiger partial charge in [-0.25, -0.2) is 0 Å². The number of carbonyl (C=O) groups excluding carboxylic acids is 1. The van der Waals surface area contributed by atoms with Gasteiger partial charge >= 0.3 is 0 Å². The molecular weight excluding hydrogens is 362 g/mol. The van der Waals surface area contributed by atoms with Gasteiger partial charge in [0.05, 0.1) is 11.3 Å². The molecule has 0 atom stereocenters. The SMILES string of the molecule is CN(C)C(=O)c1cccc(Nc2c(Nc3ccccc3)c(=O)[nH][nH]c2=O)c1O. The molecule has 1 amide bonds. The largest absolute Gasteiger partial charge is 0.505 e. The highest BCUT2D eigenvalue weighted by Gasteiger charge is 2.19. The van der Waals surface area contributed by atoms with Crippen LogP contribution >= 0.6 is 0 Å². The van der Waals surface area contributed by atoms with Gasteiger partial charge in [-0.3, -0.25) is 24.6 Å². The van der Waals surface area contributed by atoms with Crippen LogP contribution in [0.1, 0.15) is 10.4 Å². The van der Waals surface area contributed by atoms with Crippen LogP contribution in [0.4, 0.5) is 22.7 Å². The molecule has 0 saturated carbocycles. The van der Waals surface area contributed by atoms with E-state index >= 15 is 0 Å². The number of phenols is 1. The Morgan fingerprint density at radius 1 is 0.893 bits per heavy atom. The highest BCUT2D eigenvalue weighted by atomic mass is 16.3. The van der Waals surface area contributed by atoms with Crippen molar-refractivity contribution in [3.05, 3.63) is 74.8 Å². The van der Waals surface area contributed by atoms with E-state index in [0.717, 1.165) is 0 Å². The molecule has 0 fully saturated rings. The van der Waals surface area contributed by atoms with Crippen molar-refractivity contribution in [3.8, 4) is 5.75 Å². The van der Waals surface area contributed by atoms with Crippen molar-refractivity contribution >= 4 is 28.7 Å². The molecule has 0 bridgehead atoms. The van der Waals surface area contributed by atoms with Gasteiger partial charge < -0.3 is 20.6 Å². The number of para-hydroxylation sites is 2. The van der Waals surface area contributed by atoms with Crippen molar-refractivity contribution in [2.24, 2.45) is 0 Å². The molecule has 0 unspecified atom stereocenters. The lowest BCUT2D eigenvalue weighted by Crippen LogP contribution is -2.25. The fraction of sp³-hybridized carbons (Fsp3) is 0.105. The number of aromatic hydroxyl groups is 1. The van der Waals surface area contributed by atoms with Crippen LogP contribution < -0.4 is 21.8 Å². The summed E-state index contributed by atoms with van der Waals surface area (Å²) >= 11 is 0. The molecule has 3 rings (SSSR count). The maximum atomic E-state index is 12.3. The van der Waals surface area contributed by atoms with Crippen molar-refractivity contribution in [3.63, 3.8) is 0 Å². The number of hydrogen-bond acceptors (Lipinski definition) is 6. The predicted octanol–water partition coefficient (Wildman–Crippen LogP) is 1.96. The molecule has 5 N–H and O–H groups in total. The Kier molecular flexibility index (Phi) is 5.16. The number of amides is 1. The Hall–Kier alpha value is -4.01. The summed E-state index contributed by atoms with van der Waals surface area (Å²) in [6, 6.07) is 13.4. The minimum Gasteiger partial charge on any atom is -0.505 e. The second kappa shape index (κ2) is 7.70. The van der Waals surface area contributed by atoms with E-state index in [4.69, 9.17) is 0 Å². The number of anilines is 4. The Labute approximate surface area is 159 Å². The van der Waals surface area contributed by atoms with Gasteiger partial charge in [-0.15, -0.1) is 0 Å². The second-order valence-corrected chi connectivity index (χ2v) is 6.18. The van der Waals surface area contributed by atoms with E-state index in [1.54, 1.807) is 44.4 Å². The average molecular weight is 381 g/mol. The summed E-state index contributed by atoms with van der Waals surface area (Å²) in [4.78, 5) is 38.1. The first-order chi connectivity index (χ1) is 13.4. The summed E-state index contributed by atoms with van der Waals surface area (Å²) in [6.07, 6.45) is 0. The van der Waals surface area contributed by atoms with Crippen LogP contribution in [0.2, 0.25) is 0 Å². The number of hydrogen-bond donors (Lipinski definition) is 5. The molecule has 0 saturated heterocycles. The summed E-state index contributed by atoms with van der Waals surface area (Å²) in [5.74, 6) is -0.727. The lowest BCUT2D eigenvalue weighted by Gasteiger charge is -2.16. The number of nitrogens with zero attached hydrogens (tertiary/aromatic N) is 1. The Morgan fingerprint density at radius 3 is 2.11 bits per heavy atom. The smallest absolute Gasteiger partial charge is 0.288 e. The van der Waals surface area contributed by atoms with Gasteiger partial charge in [0.15, 0.2) is 5.75 Å². The van der Waals surface area contributed by atoms with Gasteiger partial charge in [0, 0.05) is 19.8 Å². The standard InChI is InChI=1S/C19H19N5O4/c1-24(2)19(28)12-9-6-10-13(16(12)25)21-15-14(17(26)22-23-18(15)27)20-11-7-4-3-5-8-11/h3-10,25H,1-2H3,(H2,20,23,27)(H2,21,22,26). The van der Waals surface area contributed by atoms with Crippen LogP contribution in [0.3, 0.4) is 0 Å². The molecule has 28 heavy (non-hydrogen) atoms. The van der Waals surface area contributed by atoms with Gasteiger partial charge in [0.25, 0.3) is 17.0 Å². The van der Waals surface area contributed by atoms with Crippen LogP contribution in [-0.2, 0) is 0 Å². The molecule has 0 aliphatic heterocycles. The molecular formula is C19H19N5O4. The fourth-order valence-electron chi connectivity index (χ4n) is 2.56. The monoisotopic (exact) mass is 381 g/mol. The molecule has 3 aromatic rings. The van der Waals surface area contributed by atoms with Gasteiger partial charge in [-0.05, 0) is 24.3 Å². The molecule has 0 spiro atoms. The predicted molar refractivity (Wildman–Crippen MR) is 107 cm³/mol. The molecule has 1 heterocycles. The zero-order chi connectivity index (χ0) is 20.3. The van der Waals surface area contributed by atoms with Crippen molar-refractivity contribution in [1.82, 2.24) is 15.1 Å². The molecule has 2 aromatic carbocycles. The third-order valence-electron chi connectivity index (χ3n) is 3.97. The van der Waals surface area contributed by atoms with Crippen molar-refractivity contribution in [2.75, 3.05) is 24.7 Å². The van der Waals surface area contributed by atoms with E-state index in [-0.39, 0.29) is 28.4 Å². The van der Waals surface area contributed by atoms with Crippen LogP contribution in [-0.4, -0.2) is 40.2 Å². The third kappa shape index (κ3) is 3.73. The van der Waals surface area contributed by atoms with Gasteiger partial charge in [0.2, 0.25) is 0 Å². The fourth-order valence-corrected chi connectivity index (χ4v) is 2.56. The Bertz CT molecular complexity index is 1120. The summed E-state index contributed by atoms with van der Waals surface area (Å²) in [5.41, 5.74) is -0.528. The van der Waals surface area contributed by atoms with E-state index in [1.807, 2.05) is 6.07 Å². The van der Waals surface area contributed by atoms with Crippen LogP contribution in [0.15, 0.2) is 58.1 Å². The van der Waals surface area contributed by atoms with E-state index < -0.39 is 17.0 Å². The summed E-state index contributed by atoms with van der Waals surface area (Å²) < 4.78 is 0. The molecule has 9 nitrogen and oxygen atoms in total. The number of rotatable bonds is 5. The number of carbonyl (C=O) groups is 1. The quantitative estimate of drug-likeness (QED) is 0.430. The van der Waals surface area contributed by atoms with Crippen molar-refractivity contribution in [2.45, 2.75) is 0 Å². The maximum Gasteiger partial charge on any atom is 0.288 e. The van der Waals surface area contributed by atoms with Gasteiger partial charge in [-0.2, -0.15) is 0 Å². The molecule has 1 aromatic heterocycles. The molecule has 0 aliphatic carbocycles. The lowest BCUT2D eigenvalue weighted by atomic mass is 10.1. The number of phenolic OH excluding ortho intramolecular Hbond substituents is 1. The first-order valence-electron chi connectivity index (χ1n) is 8.36. The van der Waals surface area contributed by atoms with Crippen LogP contribution in [0, 0.1) is 0 Å². The lowest BCUT2D eigenvalue weighted by molar-refractivity contribution is 0.0824. The van der Waals surface area contributed by atoms with E-state index in [1.165, 1.54) is 17.0 Å². The van der Waals surface area contributed by atoms with Gasteiger partial charge in [-0.1, -0.05) is 24.3 Å². The average Bonchev–Trinajstić information content (AvgIpc) is 2.69. The van der Waals surface area contributed by atoms with Crippen LogP contribution in [0.25, 0.3) is 0 Å². The highest BCUT2D eigenvalue weighted by molar-refractivity contribution is 5.98. The topological polar surface area (TPSA) is 130 Å². The third-order valence-corrected chi connectivity index (χ3v) is 3.97. The van der Waals surface area contributed by atoms with E-state index in [2.05, 4.69) is 20.8 Å². The molecule has 0 aliphatic rings. The second-order valence-electron chi connectivity index (χ2n) is 6.18. The number of aromatic amines is 2. The summed E-state index contributed by atoms with van der Waals surface area (Å²) in [6.45, 7) is 0. The first kappa shape index (κ1) is 18.8. The summed E-state index contributed by atoms with van der Waals surface area (Å²) in [7, 11) is 3.12. The zero-order valence-corrected chi connectivity index (χ0v) is 15.2. The Balaban J connectivity index is 2.05. The zero-order valence-electron chi connectivity index (χ0n) is 15.2. The normalized spacial score (nSPS) is 10.4. The number of nitrogens with one attached hydrogen (secondary N) is 4. The van der Waals surface area contributed by atoms with Gasteiger partial charge in [0.1, 0.15) is 11.4 Å². The molecule has 9 heteroatoms. The Morgan fingerprint density at radius 2 is 1.50 bits per heavy atom. The summed E-state index contributed by atoms with van der Waals surface area (Å²) in [5, 5.41) is 20.6. The number of aromatic nitrogens is 2. The number of H-pyrrole nitrogens is 2. The van der Waals surface area contributed by atoms with Crippen molar-refractivity contribution in [1.29, 1.82) is 0 Å². The highest BCUT2D eigenvalue weighted by Crippen LogP contribution is 2.31. The minimum atomic E-state index is -0.609. The number of benzene rings is 2. The minimum absolute atomic E-state index is 0.0290. The van der Waals surface area contributed by atoms with Crippen molar-refractivity contribution < 1.29 is 9.90 Å². The molecule has 0 radical (unpaired) electrons. The van der Waals surface area contributed by atoms with Crippen LogP contribution in [0.5, 0.6) is 5.75 Å². The maximum absolute atomic E-state index is 12.3. The van der Waals surface area contributed by atoms with E-state index in [0.29, 0.717) is 5.69 Å².